The number of amides is 2. The highest BCUT2D eigenvalue weighted by Gasteiger charge is 2.27. The predicted molar refractivity (Wildman–Crippen MR) is 218 cm³/mol. The standard InChI is InChI=1S/C43H40Cl2N4O3Si/c1-43(2,3)39-40(44)32(29-52-53(35-12-6-4-7-13-35)36-14-8-5-9-15-36)27-37(41(39)45)49-26-10-11-34(49)28-47-38(50)21-18-30-16-19-31(20-17-30)42(51)48-33-22-24-46-25-23-33/h4-27,53H,28-29H2,1-3H3,(H,47,50)(H,46,48,51). The molecular weight excluding hydrogens is 719 g/mol. The predicted octanol–water partition coefficient (Wildman–Crippen LogP) is 8.11. The zero-order chi connectivity index (χ0) is 37.4. The van der Waals surface area contributed by atoms with E-state index in [1.807, 2.05) is 65.4 Å². The van der Waals surface area contributed by atoms with Crippen LogP contribution in [0.5, 0.6) is 0 Å². The van der Waals surface area contributed by atoms with Crippen LogP contribution in [-0.2, 0) is 27.8 Å². The molecule has 0 radical (unpaired) electrons. The van der Waals surface area contributed by atoms with E-state index in [1.54, 1.807) is 54.9 Å². The smallest absolute Gasteiger partial charge is 0.255 e. The summed E-state index contributed by atoms with van der Waals surface area (Å²) in [6.45, 7) is 6.84. The second-order valence-electron chi connectivity index (χ2n) is 13.6. The Labute approximate surface area is 322 Å². The molecule has 0 saturated carbocycles. The summed E-state index contributed by atoms with van der Waals surface area (Å²) in [4.78, 5) is 29.5. The van der Waals surface area contributed by atoms with Crippen molar-refractivity contribution in [3.8, 4) is 5.69 Å². The number of hydrogen-bond donors (Lipinski definition) is 2. The Morgan fingerprint density at radius 3 is 2.09 bits per heavy atom. The Bertz CT molecular complexity index is 2160. The molecule has 0 atom stereocenters. The molecule has 2 N–H and O–H groups in total. The highest BCUT2D eigenvalue weighted by Crippen LogP contribution is 2.41. The average molecular weight is 760 g/mol. The first-order chi connectivity index (χ1) is 25.6. The topological polar surface area (TPSA) is 85.2 Å². The van der Waals surface area contributed by atoms with Gasteiger partial charge in [-0.3, -0.25) is 14.6 Å². The van der Waals surface area contributed by atoms with Crippen LogP contribution in [0.2, 0.25) is 10.0 Å². The Morgan fingerprint density at radius 2 is 1.47 bits per heavy atom. The van der Waals surface area contributed by atoms with Crippen LogP contribution < -0.4 is 21.0 Å². The van der Waals surface area contributed by atoms with Gasteiger partial charge in [0.15, 0.2) is 0 Å². The van der Waals surface area contributed by atoms with Crippen molar-refractivity contribution in [1.82, 2.24) is 14.9 Å². The third-order valence-electron chi connectivity index (χ3n) is 8.69. The summed E-state index contributed by atoms with van der Waals surface area (Å²) < 4.78 is 8.78. The van der Waals surface area contributed by atoms with E-state index in [2.05, 4.69) is 60.7 Å². The summed E-state index contributed by atoms with van der Waals surface area (Å²) >= 11 is 14.3. The number of aromatic nitrogens is 2. The fourth-order valence-corrected chi connectivity index (χ4v) is 9.34. The van der Waals surface area contributed by atoms with Gasteiger partial charge in [-0.1, -0.05) is 117 Å². The van der Waals surface area contributed by atoms with Crippen LogP contribution in [0.25, 0.3) is 11.8 Å². The minimum absolute atomic E-state index is 0.229. The largest absolute Gasteiger partial charge is 0.407 e. The molecule has 2 aromatic heterocycles. The lowest BCUT2D eigenvalue weighted by atomic mass is 9.85. The number of rotatable bonds is 12. The SMILES string of the molecule is CC(C)(C)c1c(Cl)c(CO[SiH](c2ccccc2)c2ccccc2)cc(-n2cccc2CNC(=O)C=Cc2ccc(C(=O)Nc3ccncc3)cc2)c1Cl. The maximum absolute atomic E-state index is 12.9. The van der Waals surface area contributed by atoms with Gasteiger partial charge in [0.1, 0.15) is 0 Å². The third kappa shape index (κ3) is 9.41. The van der Waals surface area contributed by atoms with Crippen LogP contribution in [0.15, 0.2) is 140 Å². The number of anilines is 1. The van der Waals surface area contributed by atoms with Gasteiger partial charge in [-0.15, -0.1) is 0 Å². The molecule has 0 fully saturated rings. The average Bonchev–Trinajstić information content (AvgIpc) is 3.63. The van der Waals surface area contributed by atoms with Crippen LogP contribution in [0, 0.1) is 0 Å². The zero-order valence-electron chi connectivity index (χ0n) is 29.7. The van der Waals surface area contributed by atoms with E-state index in [0.717, 1.165) is 28.1 Å². The molecule has 0 bridgehead atoms. The highest BCUT2D eigenvalue weighted by molar-refractivity contribution is 6.80. The van der Waals surface area contributed by atoms with Gasteiger partial charge in [-0.05, 0) is 81.0 Å². The highest BCUT2D eigenvalue weighted by atomic mass is 35.5. The van der Waals surface area contributed by atoms with Gasteiger partial charge in [0.25, 0.3) is 5.91 Å². The maximum Gasteiger partial charge on any atom is 0.255 e. The van der Waals surface area contributed by atoms with Crippen molar-refractivity contribution in [1.29, 1.82) is 0 Å². The molecule has 53 heavy (non-hydrogen) atoms. The lowest BCUT2D eigenvalue weighted by Crippen LogP contribution is -2.44. The van der Waals surface area contributed by atoms with Crippen molar-refractivity contribution in [2.75, 3.05) is 5.32 Å². The van der Waals surface area contributed by atoms with Crippen molar-refractivity contribution in [3.63, 3.8) is 0 Å². The van der Waals surface area contributed by atoms with E-state index in [1.165, 1.54) is 16.4 Å². The van der Waals surface area contributed by atoms with Crippen molar-refractivity contribution < 1.29 is 14.0 Å². The zero-order valence-corrected chi connectivity index (χ0v) is 32.4. The normalized spacial score (nSPS) is 11.6. The first kappa shape index (κ1) is 37.5. The summed E-state index contributed by atoms with van der Waals surface area (Å²) in [5.41, 5.74) is 4.87. The lowest BCUT2D eigenvalue weighted by molar-refractivity contribution is -0.116. The third-order valence-corrected chi connectivity index (χ3v) is 12.0. The molecule has 0 saturated heterocycles. The van der Waals surface area contributed by atoms with Crippen molar-refractivity contribution in [2.24, 2.45) is 0 Å². The molecule has 4 aromatic carbocycles. The Balaban J connectivity index is 1.18. The van der Waals surface area contributed by atoms with E-state index >= 15 is 0 Å². The van der Waals surface area contributed by atoms with Gasteiger partial charge in [-0.2, -0.15) is 0 Å². The van der Waals surface area contributed by atoms with Gasteiger partial charge in [0.05, 0.1) is 28.9 Å². The van der Waals surface area contributed by atoms with Crippen molar-refractivity contribution in [2.45, 2.75) is 39.3 Å². The maximum atomic E-state index is 12.9. The first-order valence-electron chi connectivity index (χ1n) is 17.3. The van der Waals surface area contributed by atoms with Crippen LogP contribution in [0.3, 0.4) is 0 Å². The molecule has 0 unspecified atom stereocenters. The van der Waals surface area contributed by atoms with E-state index < -0.39 is 9.04 Å². The number of carbonyl (C=O) groups is 2. The summed E-state index contributed by atoms with van der Waals surface area (Å²) in [5, 5.41) is 9.32. The number of carbonyl (C=O) groups excluding carboxylic acids is 2. The van der Waals surface area contributed by atoms with Gasteiger partial charge in [0, 0.05) is 41.6 Å². The number of nitrogens with zero attached hydrogens (tertiary/aromatic N) is 2. The quantitative estimate of drug-likeness (QED) is 0.0976. The van der Waals surface area contributed by atoms with E-state index in [4.69, 9.17) is 27.6 Å². The van der Waals surface area contributed by atoms with E-state index in [0.29, 0.717) is 27.9 Å². The summed E-state index contributed by atoms with van der Waals surface area (Å²) in [7, 11) is -2.04. The molecule has 0 aliphatic carbocycles. The number of nitrogens with one attached hydrogen (secondary N) is 2. The monoisotopic (exact) mass is 758 g/mol. The minimum atomic E-state index is -2.04. The van der Waals surface area contributed by atoms with Crippen LogP contribution in [0.1, 0.15) is 53.5 Å². The number of halogens is 2. The first-order valence-corrected chi connectivity index (χ1v) is 19.6. The van der Waals surface area contributed by atoms with Gasteiger partial charge < -0.3 is 19.6 Å². The second kappa shape index (κ2) is 17.1. The molecule has 0 aliphatic heterocycles. The van der Waals surface area contributed by atoms with Gasteiger partial charge >= 0.3 is 0 Å². The van der Waals surface area contributed by atoms with E-state index in [9.17, 15) is 9.59 Å². The molecule has 10 heteroatoms. The van der Waals surface area contributed by atoms with Crippen molar-refractivity contribution >= 4 is 66.2 Å². The van der Waals surface area contributed by atoms with E-state index in [-0.39, 0.29) is 23.8 Å². The molecule has 6 aromatic rings. The lowest BCUT2D eigenvalue weighted by Gasteiger charge is -2.27. The van der Waals surface area contributed by atoms with Gasteiger partial charge in [0.2, 0.25) is 14.9 Å². The second-order valence-corrected chi connectivity index (χ2v) is 16.7. The summed E-state index contributed by atoms with van der Waals surface area (Å²) in [6.07, 6.45) is 8.34. The fraction of sp³-hybridized carbons (Fsp3) is 0.140. The summed E-state index contributed by atoms with van der Waals surface area (Å²) in [6, 6.07) is 37.0. The van der Waals surface area contributed by atoms with Gasteiger partial charge in [-0.25, -0.2) is 0 Å². The Hall–Kier alpha value is -5.25. The number of benzene rings is 4. The molecule has 2 amide bonds. The van der Waals surface area contributed by atoms with Crippen LogP contribution >= 0.6 is 23.2 Å². The molecule has 0 spiro atoms. The number of pyridine rings is 1. The minimum Gasteiger partial charge on any atom is -0.407 e. The van der Waals surface area contributed by atoms with Crippen LogP contribution in [-0.4, -0.2) is 30.4 Å². The molecule has 2 heterocycles. The summed E-state index contributed by atoms with van der Waals surface area (Å²) in [5.74, 6) is -0.491. The Kier molecular flexibility index (Phi) is 12.1. The molecular formula is C43H40Cl2N4O3Si. The molecule has 7 nitrogen and oxygen atoms in total. The fourth-order valence-electron chi connectivity index (χ4n) is 6.02. The molecule has 0 aliphatic rings. The van der Waals surface area contributed by atoms with Crippen molar-refractivity contribution in [3.05, 3.63) is 178 Å². The Morgan fingerprint density at radius 1 is 0.830 bits per heavy atom. The molecule has 6 rings (SSSR count). The molecule has 268 valence electrons. The number of hydrogen-bond acceptors (Lipinski definition) is 4. The van der Waals surface area contributed by atoms with Crippen LogP contribution in [0.4, 0.5) is 5.69 Å².